The standard InChI is InChI=1S/C12H19N3O3S/c1-2-17-11(16)10-13-14-12(18-10)19-9-8-15-6-4-3-5-7-15/h2-9H2,1H3. The molecule has 1 aromatic rings. The van der Waals surface area contributed by atoms with Crippen molar-refractivity contribution >= 4 is 17.7 Å². The molecule has 0 N–H and O–H groups in total. The van der Waals surface area contributed by atoms with Crippen molar-refractivity contribution in [3.63, 3.8) is 0 Å². The third-order valence-corrected chi connectivity index (χ3v) is 3.74. The number of aromatic nitrogens is 2. The van der Waals surface area contributed by atoms with E-state index in [-0.39, 0.29) is 5.89 Å². The molecule has 2 heterocycles. The summed E-state index contributed by atoms with van der Waals surface area (Å²) in [5.41, 5.74) is 0. The first kappa shape index (κ1) is 14.3. The minimum absolute atomic E-state index is 0.0673. The number of hydrogen-bond acceptors (Lipinski definition) is 7. The summed E-state index contributed by atoms with van der Waals surface area (Å²) < 4.78 is 10.0. The largest absolute Gasteiger partial charge is 0.459 e. The average molecular weight is 285 g/mol. The minimum atomic E-state index is -0.558. The van der Waals surface area contributed by atoms with Crippen LogP contribution in [0.2, 0.25) is 0 Å². The van der Waals surface area contributed by atoms with Gasteiger partial charge >= 0.3 is 11.9 Å². The molecule has 1 aromatic heterocycles. The zero-order chi connectivity index (χ0) is 13.5. The monoisotopic (exact) mass is 285 g/mol. The molecule has 0 amide bonds. The van der Waals surface area contributed by atoms with Gasteiger partial charge in [-0.25, -0.2) is 4.79 Å². The van der Waals surface area contributed by atoms with E-state index in [9.17, 15) is 4.79 Å². The maximum atomic E-state index is 11.3. The average Bonchev–Trinajstić information content (AvgIpc) is 2.89. The van der Waals surface area contributed by atoms with Crippen molar-refractivity contribution in [3.05, 3.63) is 5.89 Å². The molecule has 1 aliphatic rings. The SMILES string of the molecule is CCOC(=O)c1nnc(SCCN2CCCCC2)o1. The van der Waals surface area contributed by atoms with E-state index in [1.165, 1.54) is 44.1 Å². The molecule has 0 unspecified atom stereocenters. The number of esters is 1. The summed E-state index contributed by atoms with van der Waals surface area (Å²) in [7, 11) is 0. The van der Waals surface area contributed by atoms with E-state index in [1.807, 2.05) is 0 Å². The Morgan fingerprint density at radius 1 is 1.37 bits per heavy atom. The minimum Gasteiger partial charge on any atom is -0.459 e. The number of thioether (sulfide) groups is 1. The van der Waals surface area contributed by atoms with Gasteiger partial charge in [0.15, 0.2) is 0 Å². The molecule has 0 aromatic carbocycles. The van der Waals surface area contributed by atoms with Crippen molar-refractivity contribution in [2.24, 2.45) is 0 Å². The highest BCUT2D eigenvalue weighted by atomic mass is 32.2. The molecule has 0 radical (unpaired) electrons. The van der Waals surface area contributed by atoms with Gasteiger partial charge in [0, 0.05) is 12.3 Å². The van der Waals surface area contributed by atoms with Crippen LogP contribution >= 0.6 is 11.8 Å². The number of rotatable bonds is 6. The Bertz CT molecular complexity index is 405. The molecule has 106 valence electrons. The van der Waals surface area contributed by atoms with Crippen LogP contribution in [0.5, 0.6) is 0 Å². The second kappa shape index (κ2) is 7.49. The first-order chi connectivity index (χ1) is 9.29. The molecule has 0 atom stereocenters. The van der Waals surface area contributed by atoms with Gasteiger partial charge in [0.1, 0.15) is 0 Å². The Morgan fingerprint density at radius 3 is 2.89 bits per heavy atom. The molecule has 2 rings (SSSR count). The van der Waals surface area contributed by atoms with Gasteiger partial charge in [0.05, 0.1) is 6.61 Å². The Kier molecular flexibility index (Phi) is 5.65. The summed E-state index contributed by atoms with van der Waals surface area (Å²) in [5, 5.41) is 7.93. The van der Waals surface area contributed by atoms with Crippen LogP contribution in [0.25, 0.3) is 0 Å². The van der Waals surface area contributed by atoms with Crippen molar-refractivity contribution in [2.45, 2.75) is 31.4 Å². The number of nitrogens with zero attached hydrogens (tertiary/aromatic N) is 3. The van der Waals surface area contributed by atoms with Crippen molar-refractivity contribution in [3.8, 4) is 0 Å². The maximum Gasteiger partial charge on any atom is 0.396 e. The molecular weight excluding hydrogens is 266 g/mol. The maximum absolute atomic E-state index is 11.3. The predicted molar refractivity (Wildman–Crippen MR) is 71.3 cm³/mol. The molecule has 1 saturated heterocycles. The fourth-order valence-corrected chi connectivity index (χ4v) is 2.75. The van der Waals surface area contributed by atoms with Crippen LogP contribution in [-0.4, -0.2) is 53.1 Å². The number of carbonyl (C=O) groups excluding carboxylic acids is 1. The van der Waals surface area contributed by atoms with Crippen LogP contribution < -0.4 is 0 Å². The lowest BCUT2D eigenvalue weighted by atomic mass is 10.1. The van der Waals surface area contributed by atoms with Crippen molar-refractivity contribution in [2.75, 3.05) is 32.0 Å². The second-order valence-electron chi connectivity index (χ2n) is 4.34. The fourth-order valence-electron chi connectivity index (χ4n) is 1.99. The summed E-state index contributed by atoms with van der Waals surface area (Å²) in [6.45, 7) is 5.42. The summed E-state index contributed by atoms with van der Waals surface area (Å²) in [5.74, 6) is 0.269. The van der Waals surface area contributed by atoms with Gasteiger partial charge < -0.3 is 14.1 Å². The second-order valence-corrected chi connectivity index (χ2v) is 5.39. The lowest BCUT2D eigenvalue weighted by molar-refractivity contribution is 0.0475. The highest BCUT2D eigenvalue weighted by Gasteiger charge is 2.16. The molecule has 0 spiro atoms. The quantitative estimate of drug-likeness (QED) is 0.583. The van der Waals surface area contributed by atoms with Crippen LogP contribution in [0.15, 0.2) is 9.64 Å². The molecule has 1 fully saturated rings. The molecule has 6 nitrogen and oxygen atoms in total. The summed E-state index contributed by atoms with van der Waals surface area (Å²) in [6.07, 6.45) is 3.92. The molecule has 0 saturated carbocycles. The van der Waals surface area contributed by atoms with E-state index in [4.69, 9.17) is 9.15 Å². The molecule has 7 heteroatoms. The van der Waals surface area contributed by atoms with Gasteiger partial charge in [0.2, 0.25) is 0 Å². The van der Waals surface area contributed by atoms with Gasteiger partial charge in [-0.05, 0) is 32.9 Å². The molecule has 1 aliphatic heterocycles. The number of likely N-dealkylation sites (tertiary alicyclic amines) is 1. The predicted octanol–water partition coefficient (Wildman–Crippen LogP) is 1.82. The van der Waals surface area contributed by atoms with E-state index in [2.05, 4.69) is 15.1 Å². The topological polar surface area (TPSA) is 68.5 Å². The van der Waals surface area contributed by atoms with E-state index in [0.717, 1.165) is 12.3 Å². The van der Waals surface area contributed by atoms with Crippen LogP contribution in [0.4, 0.5) is 0 Å². The van der Waals surface area contributed by atoms with Gasteiger partial charge in [0.25, 0.3) is 5.22 Å². The number of hydrogen-bond donors (Lipinski definition) is 0. The Hall–Kier alpha value is -1.08. The Morgan fingerprint density at radius 2 is 2.16 bits per heavy atom. The third-order valence-electron chi connectivity index (χ3n) is 2.94. The van der Waals surface area contributed by atoms with E-state index in [0.29, 0.717) is 11.8 Å². The fraction of sp³-hybridized carbons (Fsp3) is 0.750. The summed E-state index contributed by atoms with van der Waals surface area (Å²) in [4.78, 5) is 13.8. The zero-order valence-corrected chi connectivity index (χ0v) is 11.9. The van der Waals surface area contributed by atoms with E-state index >= 15 is 0 Å². The number of carbonyl (C=O) groups is 1. The first-order valence-corrected chi connectivity index (χ1v) is 7.64. The summed E-state index contributed by atoms with van der Waals surface area (Å²) >= 11 is 1.48. The molecule has 0 bridgehead atoms. The van der Waals surface area contributed by atoms with Gasteiger partial charge in [-0.15, -0.1) is 5.10 Å². The molecule has 19 heavy (non-hydrogen) atoms. The third kappa shape index (κ3) is 4.50. The summed E-state index contributed by atoms with van der Waals surface area (Å²) in [6, 6.07) is 0. The van der Waals surface area contributed by atoms with Crippen LogP contribution in [0.1, 0.15) is 36.9 Å². The highest BCUT2D eigenvalue weighted by Crippen LogP contribution is 2.17. The highest BCUT2D eigenvalue weighted by molar-refractivity contribution is 7.99. The van der Waals surface area contributed by atoms with Crippen molar-refractivity contribution in [1.29, 1.82) is 0 Å². The lowest BCUT2D eigenvalue weighted by Gasteiger charge is -2.25. The first-order valence-electron chi connectivity index (χ1n) is 6.65. The van der Waals surface area contributed by atoms with E-state index in [1.54, 1.807) is 6.92 Å². The van der Waals surface area contributed by atoms with Crippen LogP contribution in [-0.2, 0) is 4.74 Å². The molecule has 0 aliphatic carbocycles. The van der Waals surface area contributed by atoms with E-state index < -0.39 is 5.97 Å². The van der Waals surface area contributed by atoms with Gasteiger partial charge in [-0.1, -0.05) is 23.3 Å². The number of ether oxygens (including phenoxy) is 1. The van der Waals surface area contributed by atoms with Gasteiger partial charge in [-0.2, -0.15) is 0 Å². The zero-order valence-electron chi connectivity index (χ0n) is 11.1. The smallest absolute Gasteiger partial charge is 0.396 e. The Labute approximate surface area is 116 Å². The lowest BCUT2D eigenvalue weighted by Crippen LogP contribution is -2.31. The number of piperidine rings is 1. The molecular formula is C12H19N3O3S. The normalized spacial score (nSPS) is 16.5. The van der Waals surface area contributed by atoms with Crippen LogP contribution in [0, 0.1) is 0 Å². The van der Waals surface area contributed by atoms with Crippen LogP contribution in [0.3, 0.4) is 0 Å². The van der Waals surface area contributed by atoms with Crippen molar-refractivity contribution < 1.29 is 13.9 Å². The van der Waals surface area contributed by atoms with Crippen molar-refractivity contribution in [1.82, 2.24) is 15.1 Å². The van der Waals surface area contributed by atoms with Gasteiger partial charge in [-0.3, -0.25) is 0 Å². The Balaban J connectivity index is 1.72.